The fourth-order valence-corrected chi connectivity index (χ4v) is 5.23. The number of hydrogen-bond acceptors (Lipinski definition) is 5. The summed E-state index contributed by atoms with van der Waals surface area (Å²) < 4.78 is 0. The molecule has 3 amide bonds. The molecule has 4 atom stereocenters. The van der Waals surface area contributed by atoms with Crippen molar-refractivity contribution < 1.29 is 14.4 Å². The van der Waals surface area contributed by atoms with Gasteiger partial charge in [0.2, 0.25) is 11.8 Å². The number of carbonyl (C=O) groups excluding carboxylic acids is 3. The van der Waals surface area contributed by atoms with Crippen LogP contribution >= 0.6 is 0 Å². The van der Waals surface area contributed by atoms with Gasteiger partial charge in [0.1, 0.15) is 6.04 Å². The van der Waals surface area contributed by atoms with Crippen LogP contribution in [0.25, 0.3) is 0 Å². The fourth-order valence-electron chi connectivity index (χ4n) is 5.23. The molecule has 1 aromatic carbocycles. The minimum absolute atomic E-state index is 0.112. The van der Waals surface area contributed by atoms with Crippen LogP contribution in [0.3, 0.4) is 0 Å². The number of benzene rings is 1. The van der Waals surface area contributed by atoms with Crippen LogP contribution in [0.2, 0.25) is 0 Å². The van der Waals surface area contributed by atoms with Gasteiger partial charge in [-0.2, -0.15) is 0 Å². The molecule has 5 aliphatic rings. The predicted octanol–water partition coefficient (Wildman–Crippen LogP) is 0.288. The highest BCUT2D eigenvalue weighted by Crippen LogP contribution is 2.46. The number of carbonyl (C=O) groups is 3. The predicted molar refractivity (Wildman–Crippen MR) is 97.6 cm³/mol. The van der Waals surface area contributed by atoms with Gasteiger partial charge in [0.05, 0.1) is 0 Å². The standard InChI is InChI=1S/C20H24N4O3/c1-20-7-14(22-10-20)17(20)21-8-11-3-2-4-12-13(11)9-24(19(12)27)15-5-6-16(25)23-18(15)26/h2-4,14-15,17,21-22H,5-10H2,1H3,(H,23,25,26)/t14-,15?,17-,20-/m0/s1. The van der Waals surface area contributed by atoms with Gasteiger partial charge in [0.25, 0.3) is 5.91 Å². The van der Waals surface area contributed by atoms with Gasteiger partial charge in [-0.15, -0.1) is 0 Å². The van der Waals surface area contributed by atoms with Gasteiger partial charge in [-0.05, 0) is 35.4 Å². The van der Waals surface area contributed by atoms with Gasteiger partial charge in [0.15, 0.2) is 0 Å². The van der Waals surface area contributed by atoms with Crippen LogP contribution in [0.5, 0.6) is 0 Å². The van der Waals surface area contributed by atoms with E-state index >= 15 is 0 Å². The normalized spacial score (nSPS) is 34.5. The molecule has 0 spiro atoms. The molecule has 3 N–H and O–H groups in total. The second-order valence-corrected chi connectivity index (χ2v) is 8.55. The zero-order valence-electron chi connectivity index (χ0n) is 15.4. The Bertz CT molecular complexity index is 850. The molecule has 7 heteroatoms. The Hall–Kier alpha value is -2.25. The van der Waals surface area contributed by atoms with Crippen LogP contribution in [-0.2, 0) is 22.7 Å². The van der Waals surface area contributed by atoms with Crippen LogP contribution in [0.1, 0.15) is 47.7 Å². The molecule has 0 radical (unpaired) electrons. The molecular weight excluding hydrogens is 344 g/mol. The number of nitrogens with zero attached hydrogens (tertiary/aromatic N) is 1. The molecule has 6 rings (SSSR count). The topological polar surface area (TPSA) is 90.5 Å². The summed E-state index contributed by atoms with van der Waals surface area (Å²) in [6.45, 7) is 4.52. The molecule has 4 fully saturated rings. The first-order valence-electron chi connectivity index (χ1n) is 9.68. The van der Waals surface area contributed by atoms with E-state index in [1.807, 2.05) is 12.1 Å². The molecule has 142 valence electrons. The zero-order chi connectivity index (χ0) is 18.8. The highest BCUT2D eigenvalue weighted by atomic mass is 16.2. The van der Waals surface area contributed by atoms with Crippen LogP contribution < -0.4 is 16.0 Å². The third-order valence-electron chi connectivity index (χ3n) is 6.80. The van der Waals surface area contributed by atoms with Gasteiger partial charge < -0.3 is 15.5 Å². The monoisotopic (exact) mass is 368 g/mol. The number of fused-ring (bicyclic) bond motifs is 2. The highest BCUT2D eigenvalue weighted by molar-refractivity contribution is 6.05. The van der Waals surface area contributed by atoms with Crippen molar-refractivity contribution >= 4 is 17.7 Å². The van der Waals surface area contributed by atoms with Crippen molar-refractivity contribution in [2.24, 2.45) is 5.41 Å². The molecular formula is C20H24N4O3. The van der Waals surface area contributed by atoms with Crippen molar-refractivity contribution in [2.75, 3.05) is 6.54 Å². The van der Waals surface area contributed by atoms with E-state index in [1.165, 1.54) is 6.42 Å². The van der Waals surface area contributed by atoms with Gasteiger partial charge in [-0.3, -0.25) is 19.7 Å². The third-order valence-corrected chi connectivity index (χ3v) is 6.80. The number of amides is 3. The molecule has 1 aromatic rings. The van der Waals surface area contributed by atoms with Gasteiger partial charge in [-0.25, -0.2) is 0 Å². The zero-order valence-corrected chi connectivity index (χ0v) is 15.4. The Balaban J connectivity index is 1.33. The van der Waals surface area contributed by atoms with Crippen molar-refractivity contribution in [1.82, 2.24) is 20.9 Å². The number of piperidine rings is 1. The summed E-state index contributed by atoms with van der Waals surface area (Å²) in [6, 6.07) is 6.27. The summed E-state index contributed by atoms with van der Waals surface area (Å²) in [5.41, 5.74) is 3.13. The van der Waals surface area contributed by atoms with E-state index in [4.69, 9.17) is 0 Å². The molecule has 7 nitrogen and oxygen atoms in total. The van der Waals surface area contributed by atoms with E-state index in [9.17, 15) is 14.4 Å². The van der Waals surface area contributed by atoms with Crippen molar-refractivity contribution in [3.63, 3.8) is 0 Å². The second-order valence-electron chi connectivity index (χ2n) is 8.55. The second kappa shape index (κ2) is 5.87. The first kappa shape index (κ1) is 16.9. The highest BCUT2D eigenvalue weighted by Gasteiger charge is 2.55. The van der Waals surface area contributed by atoms with Crippen LogP contribution in [0, 0.1) is 5.41 Å². The third kappa shape index (κ3) is 2.52. The summed E-state index contributed by atoms with van der Waals surface area (Å²) >= 11 is 0. The maximum atomic E-state index is 12.9. The summed E-state index contributed by atoms with van der Waals surface area (Å²) in [5, 5.41) is 9.57. The average molecular weight is 368 g/mol. The fraction of sp³-hybridized carbons (Fsp3) is 0.550. The van der Waals surface area contributed by atoms with E-state index in [0.29, 0.717) is 36.0 Å². The largest absolute Gasteiger partial charge is 0.322 e. The molecule has 4 aliphatic heterocycles. The lowest BCUT2D eigenvalue weighted by atomic mass is 9.67. The quantitative estimate of drug-likeness (QED) is 0.665. The Morgan fingerprint density at radius 2 is 2.15 bits per heavy atom. The van der Waals surface area contributed by atoms with E-state index < -0.39 is 6.04 Å². The number of hydrogen-bond donors (Lipinski definition) is 3. The van der Waals surface area contributed by atoms with Crippen molar-refractivity contribution in [3.05, 3.63) is 34.9 Å². The maximum Gasteiger partial charge on any atom is 0.255 e. The van der Waals surface area contributed by atoms with E-state index in [2.05, 4.69) is 28.9 Å². The van der Waals surface area contributed by atoms with Gasteiger partial charge >= 0.3 is 0 Å². The lowest BCUT2D eigenvalue weighted by Crippen LogP contribution is -2.57. The Labute approximate surface area is 157 Å². The smallest absolute Gasteiger partial charge is 0.255 e. The number of rotatable bonds is 4. The molecule has 3 saturated heterocycles. The van der Waals surface area contributed by atoms with Gasteiger partial charge in [0, 0.05) is 43.7 Å². The van der Waals surface area contributed by atoms with Crippen LogP contribution in [-0.4, -0.2) is 47.3 Å². The minimum atomic E-state index is -0.561. The Morgan fingerprint density at radius 1 is 1.30 bits per heavy atom. The van der Waals surface area contributed by atoms with Crippen molar-refractivity contribution in [1.29, 1.82) is 0 Å². The van der Waals surface area contributed by atoms with Crippen LogP contribution in [0.4, 0.5) is 0 Å². The first-order valence-corrected chi connectivity index (χ1v) is 9.68. The molecule has 1 unspecified atom stereocenters. The molecule has 4 heterocycles. The van der Waals surface area contributed by atoms with Gasteiger partial charge in [-0.1, -0.05) is 19.1 Å². The lowest BCUT2D eigenvalue weighted by molar-refractivity contribution is -0.136. The number of imide groups is 1. The number of nitrogens with one attached hydrogen (secondary N) is 3. The lowest BCUT2D eigenvalue weighted by Gasteiger charge is -2.44. The Kier molecular flexibility index (Phi) is 3.67. The minimum Gasteiger partial charge on any atom is -0.322 e. The molecule has 27 heavy (non-hydrogen) atoms. The molecule has 0 aromatic heterocycles. The molecule has 1 aliphatic carbocycles. The van der Waals surface area contributed by atoms with Crippen LogP contribution in [0.15, 0.2) is 18.2 Å². The van der Waals surface area contributed by atoms with E-state index in [0.717, 1.165) is 24.2 Å². The summed E-state index contributed by atoms with van der Waals surface area (Å²) in [7, 11) is 0. The maximum absolute atomic E-state index is 12.9. The first-order chi connectivity index (χ1) is 13.0. The van der Waals surface area contributed by atoms with E-state index in [-0.39, 0.29) is 24.1 Å². The average Bonchev–Trinajstić information content (AvgIpc) is 3.27. The van der Waals surface area contributed by atoms with Crippen molar-refractivity contribution in [3.8, 4) is 0 Å². The molecule has 1 saturated carbocycles. The SMILES string of the molecule is C[C@@]12CN[C@@H](C1)[C@@H]2NCc1cccc2c1CN(C1CCC(=O)NC1=O)C2=O. The summed E-state index contributed by atoms with van der Waals surface area (Å²) in [6.07, 6.45) is 1.89. The Morgan fingerprint density at radius 3 is 2.85 bits per heavy atom. The molecule has 2 bridgehead atoms. The van der Waals surface area contributed by atoms with Crippen molar-refractivity contribution in [2.45, 2.75) is 57.4 Å². The summed E-state index contributed by atoms with van der Waals surface area (Å²) in [4.78, 5) is 38.1. The van der Waals surface area contributed by atoms with E-state index in [1.54, 1.807) is 4.90 Å². The summed E-state index contributed by atoms with van der Waals surface area (Å²) in [5.74, 6) is -0.738.